The molecule has 1 aliphatic carbocycles. The number of nitrogens with zero attached hydrogens (tertiary/aromatic N) is 2. The predicted molar refractivity (Wildman–Crippen MR) is 141 cm³/mol. The molecule has 8 heteroatoms. The van der Waals surface area contributed by atoms with Crippen LogP contribution >= 0.6 is 23.2 Å². The maximum Gasteiger partial charge on any atom is 0.312 e. The summed E-state index contributed by atoms with van der Waals surface area (Å²) in [4.78, 5) is 32.1. The van der Waals surface area contributed by atoms with Crippen molar-refractivity contribution < 1.29 is 14.3 Å². The summed E-state index contributed by atoms with van der Waals surface area (Å²) < 4.78 is 13.6. The van der Waals surface area contributed by atoms with Crippen LogP contribution in [0.25, 0.3) is 5.69 Å². The van der Waals surface area contributed by atoms with Crippen LogP contribution < -0.4 is 15.0 Å². The highest BCUT2D eigenvalue weighted by Gasteiger charge is 2.40. The molecule has 184 valence electrons. The smallest absolute Gasteiger partial charge is 0.312 e. The second-order valence-electron chi connectivity index (χ2n) is 8.85. The molecule has 4 aromatic rings. The Labute approximate surface area is 222 Å². The number of aromatic nitrogens is 2. The van der Waals surface area contributed by atoms with Crippen molar-refractivity contribution in [1.82, 2.24) is 9.55 Å². The summed E-state index contributed by atoms with van der Waals surface area (Å²) in [5.41, 5.74) is 1.75. The van der Waals surface area contributed by atoms with Crippen molar-refractivity contribution in [2.45, 2.75) is 25.2 Å². The van der Waals surface area contributed by atoms with Gasteiger partial charge in [0, 0.05) is 28.5 Å². The van der Waals surface area contributed by atoms with Gasteiger partial charge in [-0.25, -0.2) is 4.57 Å². The van der Waals surface area contributed by atoms with E-state index in [9.17, 15) is 9.59 Å². The molecule has 3 aromatic carbocycles. The Morgan fingerprint density at radius 3 is 2.24 bits per heavy atom. The molecule has 37 heavy (non-hydrogen) atoms. The first kappa shape index (κ1) is 23.5. The van der Waals surface area contributed by atoms with E-state index in [0.29, 0.717) is 57.6 Å². The monoisotopic (exact) mass is 530 g/mol. The zero-order chi connectivity index (χ0) is 25.5. The van der Waals surface area contributed by atoms with Gasteiger partial charge in [0.2, 0.25) is 5.88 Å². The maximum atomic E-state index is 14.3. The summed E-state index contributed by atoms with van der Waals surface area (Å²) in [7, 11) is 0. The second-order valence-corrected chi connectivity index (χ2v) is 9.72. The van der Waals surface area contributed by atoms with Crippen molar-refractivity contribution in [2.24, 2.45) is 0 Å². The number of allylic oxidation sites excluding steroid dienone is 2. The Hall–Kier alpha value is -3.87. The molecule has 0 saturated carbocycles. The Bertz CT molecular complexity index is 1590. The molecule has 0 spiro atoms. The minimum atomic E-state index is -0.601. The van der Waals surface area contributed by atoms with Crippen molar-refractivity contribution in [3.05, 3.63) is 122 Å². The van der Waals surface area contributed by atoms with Gasteiger partial charge in [-0.05, 0) is 60.5 Å². The number of Topliss-reactive ketones (excluding diaryl/α,β-unsaturated/α-hetero) is 1. The van der Waals surface area contributed by atoms with Gasteiger partial charge >= 0.3 is 6.01 Å². The van der Waals surface area contributed by atoms with Gasteiger partial charge in [0.15, 0.2) is 5.78 Å². The number of ether oxygens (including phenoxy) is 2. The highest BCUT2D eigenvalue weighted by molar-refractivity contribution is 6.30. The summed E-state index contributed by atoms with van der Waals surface area (Å²) in [6.07, 6.45) is 1.70. The van der Waals surface area contributed by atoms with E-state index in [1.165, 1.54) is 4.57 Å². The first-order valence-corrected chi connectivity index (χ1v) is 12.6. The summed E-state index contributed by atoms with van der Waals surface area (Å²) in [6, 6.07) is 23.1. The van der Waals surface area contributed by atoms with E-state index in [2.05, 4.69) is 4.98 Å². The average molecular weight is 531 g/mol. The number of ketones is 1. The van der Waals surface area contributed by atoms with Crippen molar-refractivity contribution in [3.8, 4) is 23.3 Å². The largest absolute Gasteiger partial charge is 0.442 e. The van der Waals surface area contributed by atoms with Crippen LogP contribution in [0.1, 0.15) is 36.3 Å². The van der Waals surface area contributed by atoms with Gasteiger partial charge in [-0.15, -0.1) is 0 Å². The van der Waals surface area contributed by atoms with Crippen LogP contribution in [-0.2, 0) is 4.79 Å². The van der Waals surface area contributed by atoms with Crippen LogP contribution in [0.3, 0.4) is 0 Å². The topological polar surface area (TPSA) is 70.4 Å². The molecule has 0 radical (unpaired) electrons. The second kappa shape index (κ2) is 9.54. The third-order valence-electron chi connectivity index (χ3n) is 6.50. The van der Waals surface area contributed by atoms with Crippen LogP contribution in [-0.4, -0.2) is 15.3 Å². The first-order valence-electron chi connectivity index (χ1n) is 11.8. The van der Waals surface area contributed by atoms with Crippen LogP contribution in [0.5, 0.6) is 17.6 Å². The van der Waals surface area contributed by atoms with Crippen molar-refractivity contribution in [1.29, 1.82) is 0 Å². The SMILES string of the molecule is O=C1CCCC2=C1C(c1ccccc1)c1c(nc(Oc3ccc(Cl)cc3)n(-c3ccc(Cl)cc3)c1=O)O2. The van der Waals surface area contributed by atoms with Gasteiger partial charge in [-0.2, -0.15) is 4.98 Å². The van der Waals surface area contributed by atoms with E-state index in [1.54, 1.807) is 48.5 Å². The van der Waals surface area contributed by atoms with Crippen LogP contribution in [0.2, 0.25) is 10.0 Å². The van der Waals surface area contributed by atoms with E-state index < -0.39 is 11.5 Å². The summed E-state index contributed by atoms with van der Waals surface area (Å²) in [6.45, 7) is 0. The molecule has 0 fully saturated rings. The van der Waals surface area contributed by atoms with Crippen LogP contribution in [0.15, 0.2) is 95.0 Å². The summed E-state index contributed by atoms with van der Waals surface area (Å²) >= 11 is 12.2. The Kier molecular flexibility index (Phi) is 6.07. The van der Waals surface area contributed by atoms with Crippen LogP contribution in [0.4, 0.5) is 0 Å². The minimum absolute atomic E-state index is 0.0142. The molecule has 6 rings (SSSR count). The maximum absolute atomic E-state index is 14.3. The van der Waals surface area contributed by atoms with Gasteiger partial charge in [0.1, 0.15) is 11.5 Å². The van der Waals surface area contributed by atoms with E-state index >= 15 is 0 Å². The van der Waals surface area contributed by atoms with E-state index in [-0.39, 0.29) is 17.7 Å². The molecule has 6 nitrogen and oxygen atoms in total. The quantitative estimate of drug-likeness (QED) is 0.288. The van der Waals surface area contributed by atoms with E-state index in [4.69, 9.17) is 32.7 Å². The number of benzene rings is 3. The number of carbonyl (C=O) groups excluding carboxylic acids is 1. The molecule has 1 atom stereocenters. The normalized spacial score (nSPS) is 16.6. The fraction of sp³-hybridized carbons (Fsp3) is 0.138. The summed E-state index contributed by atoms with van der Waals surface area (Å²) in [5.74, 6) is 0.533. The van der Waals surface area contributed by atoms with E-state index in [1.807, 2.05) is 30.3 Å². The fourth-order valence-corrected chi connectivity index (χ4v) is 5.07. The lowest BCUT2D eigenvalue weighted by molar-refractivity contribution is -0.116. The molecule has 2 heterocycles. The zero-order valence-corrected chi connectivity index (χ0v) is 21.0. The van der Waals surface area contributed by atoms with Crippen molar-refractivity contribution >= 4 is 29.0 Å². The van der Waals surface area contributed by atoms with Crippen molar-refractivity contribution in [2.75, 3.05) is 0 Å². The average Bonchev–Trinajstić information content (AvgIpc) is 2.90. The number of hydrogen-bond acceptors (Lipinski definition) is 5. The van der Waals surface area contributed by atoms with Gasteiger partial charge in [-0.1, -0.05) is 53.5 Å². The number of carbonyl (C=O) groups is 1. The van der Waals surface area contributed by atoms with Gasteiger partial charge in [0.25, 0.3) is 5.56 Å². The Balaban J connectivity index is 1.61. The standard InChI is InChI=1S/C29H20Cl2N2O4/c30-18-9-13-20(14-10-18)33-28(35)26-24(17-5-2-1-3-6-17)25-22(34)7-4-8-23(25)37-27(26)32-29(33)36-21-15-11-19(31)12-16-21/h1-3,5-6,9-16,24H,4,7-8H2. The molecule has 0 N–H and O–H groups in total. The predicted octanol–water partition coefficient (Wildman–Crippen LogP) is 6.86. The van der Waals surface area contributed by atoms with E-state index in [0.717, 1.165) is 5.56 Å². The van der Waals surface area contributed by atoms with Crippen LogP contribution in [0, 0.1) is 0 Å². The van der Waals surface area contributed by atoms with Gasteiger partial charge < -0.3 is 9.47 Å². The molecule has 1 aliphatic heterocycles. The summed E-state index contributed by atoms with van der Waals surface area (Å²) in [5, 5.41) is 1.08. The highest BCUT2D eigenvalue weighted by atomic mass is 35.5. The molecular formula is C29H20Cl2N2O4. The number of rotatable bonds is 4. The van der Waals surface area contributed by atoms with Crippen molar-refractivity contribution in [3.63, 3.8) is 0 Å². The number of hydrogen-bond donors (Lipinski definition) is 0. The Morgan fingerprint density at radius 1 is 0.865 bits per heavy atom. The third kappa shape index (κ3) is 4.32. The number of halogens is 2. The molecule has 1 unspecified atom stereocenters. The third-order valence-corrected chi connectivity index (χ3v) is 7.00. The highest BCUT2D eigenvalue weighted by Crippen LogP contribution is 2.45. The van der Waals surface area contributed by atoms with Gasteiger partial charge in [-0.3, -0.25) is 9.59 Å². The molecule has 0 saturated heterocycles. The van der Waals surface area contributed by atoms with Gasteiger partial charge in [0.05, 0.1) is 17.2 Å². The lowest BCUT2D eigenvalue weighted by Crippen LogP contribution is -2.34. The minimum Gasteiger partial charge on any atom is -0.442 e. The Morgan fingerprint density at radius 2 is 1.54 bits per heavy atom. The molecular weight excluding hydrogens is 511 g/mol. The molecule has 0 bridgehead atoms. The lowest BCUT2D eigenvalue weighted by atomic mass is 9.78. The zero-order valence-electron chi connectivity index (χ0n) is 19.5. The molecule has 1 aromatic heterocycles. The number of fused-ring (bicyclic) bond motifs is 1. The first-order chi connectivity index (χ1) is 18.0. The molecule has 2 aliphatic rings. The molecule has 0 amide bonds. The fourth-order valence-electron chi connectivity index (χ4n) is 4.82. The lowest BCUT2D eigenvalue weighted by Gasteiger charge is -2.32.